The van der Waals surface area contributed by atoms with Gasteiger partial charge in [-0.1, -0.05) is 11.6 Å². The molecule has 2 saturated heterocycles. The normalized spacial score (nSPS) is 33.9. The van der Waals surface area contributed by atoms with E-state index in [4.69, 9.17) is 4.74 Å². The summed E-state index contributed by atoms with van der Waals surface area (Å²) in [5.41, 5.74) is 0.854. The van der Waals surface area contributed by atoms with E-state index >= 15 is 0 Å². The van der Waals surface area contributed by atoms with Gasteiger partial charge in [0.1, 0.15) is 6.04 Å². The molecular formula is C16H20N2O5. The minimum atomic E-state index is -0.687. The molecular weight excluding hydrogens is 300 g/mol. The van der Waals surface area contributed by atoms with E-state index in [-0.39, 0.29) is 24.1 Å². The molecule has 0 saturated carbocycles. The van der Waals surface area contributed by atoms with Crippen molar-refractivity contribution in [2.45, 2.75) is 38.3 Å². The summed E-state index contributed by atoms with van der Waals surface area (Å²) in [5, 5.41) is 0. The van der Waals surface area contributed by atoms with Crippen molar-refractivity contribution in [2.75, 3.05) is 14.2 Å². The standard InChI is InChI=1S/C16H20N2O5/c1-8-4-5-9-12(15(21)17(2)14(9)20)13(8)18-10(16(22)23-3)6-7-11(18)19/h4,9-10,12-13H,5-7H2,1-3H3/t9-,10-,12-,13+/m0/s1. The minimum Gasteiger partial charge on any atom is -0.467 e. The number of allylic oxidation sites excluding steroid dienone is 1. The average Bonchev–Trinajstić information content (AvgIpc) is 3.01. The largest absolute Gasteiger partial charge is 0.467 e. The van der Waals surface area contributed by atoms with Gasteiger partial charge in [-0.25, -0.2) is 4.79 Å². The summed E-state index contributed by atoms with van der Waals surface area (Å²) in [7, 11) is 2.76. The van der Waals surface area contributed by atoms with E-state index in [1.807, 2.05) is 13.0 Å². The van der Waals surface area contributed by atoms with Gasteiger partial charge in [0.15, 0.2) is 0 Å². The van der Waals surface area contributed by atoms with Gasteiger partial charge in [0.05, 0.1) is 25.0 Å². The van der Waals surface area contributed by atoms with Gasteiger partial charge in [0.25, 0.3) is 0 Å². The Kier molecular flexibility index (Phi) is 3.74. The van der Waals surface area contributed by atoms with E-state index in [0.29, 0.717) is 12.8 Å². The smallest absolute Gasteiger partial charge is 0.328 e. The van der Waals surface area contributed by atoms with Gasteiger partial charge in [0, 0.05) is 13.5 Å². The molecule has 1 aliphatic carbocycles. The molecule has 0 aromatic carbocycles. The molecule has 0 N–H and O–H groups in total. The molecule has 2 aliphatic heterocycles. The number of hydrogen-bond acceptors (Lipinski definition) is 5. The molecule has 0 spiro atoms. The maximum Gasteiger partial charge on any atom is 0.328 e. The predicted molar refractivity (Wildman–Crippen MR) is 78.8 cm³/mol. The van der Waals surface area contributed by atoms with Gasteiger partial charge < -0.3 is 9.64 Å². The predicted octanol–water partition coefficient (Wildman–Crippen LogP) is 0.100. The highest BCUT2D eigenvalue weighted by molar-refractivity contribution is 6.06. The maximum atomic E-state index is 12.5. The SMILES string of the molecule is COC(=O)[C@@H]1CCC(=O)N1[C@@H]1C(C)=CC[C@@H]2C(=O)N(C)C(=O)[C@@H]21. The van der Waals surface area contributed by atoms with Crippen molar-refractivity contribution in [3.05, 3.63) is 11.6 Å². The summed E-state index contributed by atoms with van der Waals surface area (Å²) in [4.78, 5) is 51.8. The van der Waals surface area contributed by atoms with E-state index in [0.717, 1.165) is 10.5 Å². The maximum absolute atomic E-state index is 12.5. The number of methoxy groups -OCH3 is 1. The van der Waals surface area contributed by atoms with Crippen LogP contribution in [-0.2, 0) is 23.9 Å². The van der Waals surface area contributed by atoms with Crippen LogP contribution in [0.1, 0.15) is 26.2 Å². The third-order valence-corrected chi connectivity index (χ3v) is 5.23. The molecule has 3 aliphatic rings. The number of esters is 1. The first-order valence-corrected chi connectivity index (χ1v) is 7.75. The Morgan fingerprint density at radius 2 is 1.96 bits per heavy atom. The molecule has 23 heavy (non-hydrogen) atoms. The van der Waals surface area contributed by atoms with E-state index < -0.39 is 29.9 Å². The molecule has 3 amide bonds. The molecule has 2 fully saturated rings. The Balaban J connectivity index is 2.02. The lowest BCUT2D eigenvalue weighted by Gasteiger charge is -2.39. The van der Waals surface area contributed by atoms with E-state index in [1.165, 1.54) is 19.1 Å². The van der Waals surface area contributed by atoms with E-state index in [2.05, 4.69) is 0 Å². The van der Waals surface area contributed by atoms with Crippen LogP contribution in [0.15, 0.2) is 11.6 Å². The fraction of sp³-hybridized carbons (Fsp3) is 0.625. The molecule has 124 valence electrons. The number of imide groups is 1. The number of carbonyl (C=O) groups excluding carboxylic acids is 4. The topological polar surface area (TPSA) is 84.0 Å². The Morgan fingerprint density at radius 1 is 1.26 bits per heavy atom. The van der Waals surface area contributed by atoms with Crippen LogP contribution in [0, 0.1) is 11.8 Å². The second kappa shape index (κ2) is 5.47. The van der Waals surface area contributed by atoms with Crippen LogP contribution in [0.25, 0.3) is 0 Å². The molecule has 0 unspecified atom stereocenters. The third kappa shape index (κ3) is 2.17. The van der Waals surface area contributed by atoms with Gasteiger partial charge in [-0.15, -0.1) is 0 Å². The lowest BCUT2D eigenvalue weighted by Crippen LogP contribution is -2.53. The Morgan fingerprint density at radius 3 is 2.61 bits per heavy atom. The summed E-state index contributed by atoms with van der Waals surface area (Å²) in [6, 6.07) is -1.23. The Bertz CT molecular complexity index is 626. The molecule has 0 aromatic heterocycles. The van der Waals surface area contributed by atoms with Gasteiger partial charge in [-0.2, -0.15) is 0 Å². The summed E-state index contributed by atoms with van der Waals surface area (Å²) in [5.74, 6) is -2.19. The van der Waals surface area contributed by atoms with Gasteiger partial charge in [-0.3, -0.25) is 19.3 Å². The number of carbonyl (C=O) groups is 4. The average molecular weight is 320 g/mol. The van der Waals surface area contributed by atoms with Crippen molar-refractivity contribution in [1.82, 2.24) is 9.80 Å². The van der Waals surface area contributed by atoms with Crippen molar-refractivity contribution in [3.8, 4) is 0 Å². The molecule has 0 radical (unpaired) electrons. The zero-order chi connectivity index (χ0) is 16.9. The number of ether oxygens (including phenoxy) is 1. The van der Waals surface area contributed by atoms with Crippen molar-refractivity contribution in [3.63, 3.8) is 0 Å². The molecule has 4 atom stereocenters. The summed E-state index contributed by atoms with van der Waals surface area (Å²) >= 11 is 0. The molecule has 7 heteroatoms. The zero-order valence-electron chi connectivity index (χ0n) is 13.4. The van der Waals surface area contributed by atoms with Crippen molar-refractivity contribution in [2.24, 2.45) is 11.8 Å². The lowest BCUT2D eigenvalue weighted by molar-refractivity contribution is -0.152. The Labute approximate surface area is 134 Å². The van der Waals surface area contributed by atoms with Crippen LogP contribution in [-0.4, -0.2) is 59.7 Å². The number of fused-ring (bicyclic) bond motifs is 1. The molecule has 0 bridgehead atoms. The first-order valence-electron chi connectivity index (χ1n) is 7.75. The fourth-order valence-corrected chi connectivity index (χ4v) is 4.04. The molecule has 2 heterocycles. The van der Waals surface area contributed by atoms with E-state index in [9.17, 15) is 19.2 Å². The Hall–Kier alpha value is -2.18. The van der Waals surface area contributed by atoms with E-state index in [1.54, 1.807) is 0 Å². The second-order valence-corrected chi connectivity index (χ2v) is 6.38. The fourth-order valence-electron chi connectivity index (χ4n) is 4.04. The van der Waals surface area contributed by atoms with Gasteiger partial charge >= 0.3 is 5.97 Å². The monoisotopic (exact) mass is 320 g/mol. The highest BCUT2D eigenvalue weighted by Crippen LogP contribution is 2.42. The number of rotatable bonds is 2. The summed E-state index contributed by atoms with van der Waals surface area (Å²) < 4.78 is 4.80. The van der Waals surface area contributed by atoms with Crippen LogP contribution in [0.5, 0.6) is 0 Å². The van der Waals surface area contributed by atoms with Crippen LogP contribution < -0.4 is 0 Å². The van der Waals surface area contributed by atoms with Crippen LogP contribution in [0.3, 0.4) is 0 Å². The molecule has 0 aromatic rings. The first-order chi connectivity index (χ1) is 10.9. The summed E-state index contributed by atoms with van der Waals surface area (Å²) in [6.45, 7) is 1.84. The lowest BCUT2D eigenvalue weighted by atomic mass is 9.76. The van der Waals surface area contributed by atoms with Crippen molar-refractivity contribution < 1.29 is 23.9 Å². The third-order valence-electron chi connectivity index (χ3n) is 5.23. The minimum absolute atomic E-state index is 0.173. The number of hydrogen-bond donors (Lipinski definition) is 0. The van der Waals surface area contributed by atoms with Crippen LogP contribution >= 0.6 is 0 Å². The zero-order valence-corrected chi connectivity index (χ0v) is 13.4. The first kappa shape index (κ1) is 15.7. The quantitative estimate of drug-likeness (QED) is 0.409. The van der Waals surface area contributed by atoms with Crippen molar-refractivity contribution >= 4 is 23.7 Å². The number of likely N-dealkylation sites (tertiary alicyclic amines) is 2. The highest BCUT2D eigenvalue weighted by atomic mass is 16.5. The second-order valence-electron chi connectivity index (χ2n) is 6.38. The van der Waals surface area contributed by atoms with Crippen LogP contribution in [0.4, 0.5) is 0 Å². The van der Waals surface area contributed by atoms with Gasteiger partial charge in [-0.05, 0) is 19.8 Å². The summed E-state index contributed by atoms with van der Waals surface area (Å²) in [6.07, 6.45) is 3.02. The van der Waals surface area contributed by atoms with Crippen molar-refractivity contribution in [1.29, 1.82) is 0 Å². The number of amides is 3. The van der Waals surface area contributed by atoms with Crippen LogP contribution in [0.2, 0.25) is 0 Å². The number of nitrogens with zero attached hydrogens (tertiary/aromatic N) is 2. The highest BCUT2D eigenvalue weighted by Gasteiger charge is 2.55. The molecule has 7 nitrogen and oxygen atoms in total. The van der Waals surface area contributed by atoms with Gasteiger partial charge in [0.2, 0.25) is 17.7 Å². The molecule has 3 rings (SSSR count).